The number of aliphatic hydroxyl groups is 1. The minimum Gasteiger partial charge on any atom is -0.388 e. The molecule has 0 aliphatic carbocycles. The Bertz CT molecular complexity index is 294. The SMILES string of the molecule is CC(C)C(C)C(O)C1=CC(=O)NC1=O. The highest BCUT2D eigenvalue weighted by molar-refractivity contribution is 6.16. The van der Waals surface area contributed by atoms with Gasteiger partial charge in [-0.05, 0) is 11.8 Å². The summed E-state index contributed by atoms with van der Waals surface area (Å²) in [7, 11) is 0. The summed E-state index contributed by atoms with van der Waals surface area (Å²) in [6.45, 7) is 5.78. The largest absolute Gasteiger partial charge is 0.388 e. The maximum Gasteiger partial charge on any atom is 0.256 e. The van der Waals surface area contributed by atoms with E-state index in [0.717, 1.165) is 0 Å². The van der Waals surface area contributed by atoms with E-state index >= 15 is 0 Å². The van der Waals surface area contributed by atoms with Gasteiger partial charge in [0.25, 0.3) is 11.8 Å². The number of nitrogens with one attached hydrogen (secondary N) is 1. The van der Waals surface area contributed by atoms with E-state index < -0.39 is 17.9 Å². The Labute approximate surface area is 83.0 Å². The number of rotatable bonds is 3. The molecule has 4 heteroatoms. The van der Waals surface area contributed by atoms with Gasteiger partial charge in [0.15, 0.2) is 0 Å². The van der Waals surface area contributed by atoms with Crippen LogP contribution in [0.15, 0.2) is 11.6 Å². The first-order valence-corrected chi connectivity index (χ1v) is 4.68. The van der Waals surface area contributed by atoms with Crippen molar-refractivity contribution < 1.29 is 14.7 Å². The molecule has 0 saturated heterocycles. The molecule has 2 atom stereocenters. The summed E-state index contributed by atoms with van der Waals surface area (Å²) in [5.41, 5.74) is 0.177. The quantitative estimate of drug-likeness (QED) is 0.636. The van der Waals surface area contributed by atoms with E-state index in [-0.39, 0.29) is 17.4 Å². The summed E-state index contributed by atoms with van der Waals surface area (Å²) in [4.78, 5) is 22.0. The van der Waals surface area contributed by atoms with Crippen LogP contribution in [-0.2, 0) is 9.59 Å². The molecule has 2 unspecified atom stereocenters. The van der Waals surface area contributed by atoms with Crippen LogP contribution >= 0.6 is 0 Å². The average molecular weight is 197 g/mol. The lowest BCUT2D eigenvalue weighted by Crippen LogP contribution is -2.31. The molecule has 2 amide bonds. The molecule has 1 aliphatic heterocycles. The van der Waals surface area contributed by atoms with Gasteiger partial charge >= 0.3 is 0 Å². The molecule has 2 N–H and O–H groups in total. The zero-order chi connectivity index (χ0) is 10.9. The van der Waals surface area contributed by atoms with Crippen LogP contribution < -0.4 is 5.32 Å². The van der Waals surface area contributed by atoms with Gasteiger partial charge in [-0.1, -0.05) is 20.8 Å². The van der Waals surface area contributed by atoms with Gasteiger partial charge in [0, 0.05) is 6.08 Å². The normalized spacial score (nSPS) is 20.8. The molecule has 0 spiro atoms. The van der Waals surface area contributed by atoms with Gasteiger partial charge in [0.2, 0.25) is 0 Å². The van der Waals surface area contributed by atoms with Crippen LogP contribution in [0.25, 0.3) is 0 Å². The predicted molar refractivity (Wildman–Crippen MR) is 51.2 cm³/mol. The van der Waals surface area contributed by atoms with Gasteiger partial charge in [-0.3, -0.25) is 14.9 Å². The Morgan fingerprint density at radius 3 is 2.21 bits per heavy atom. The number of imide groups is 1. The van der Waals surface area contributed by atoms with Crippen LogP contribution in [0.2, 0.25) is 0 Å². The molecule has 0 radical (unpaired) electrons. The number of carbonyl (C=O) groups excluding carboxylic acids is 2. The van der Waals surface area contributed by atoms with Crippen molar-refractivity contribution in [2.45, 2.75) is 26.9 Å². The summed E-state index contributed by atoms with van der Waals surface area (Å²) < 4.78 is 0. The van der Waals surface area contributed by atoms with E-state index in [1.54, 1.807) is 0 Å². The highest BCUT2D eigenvalue weighted by Gasteiger charge is 2.31. The zero-order valence-corrected chi connectivity index (χ0v) is 8.57. The van der Waals surface area contributed by atoms with Crippen molar-refractivity contribution in [1.29, 1.82) is 0 Å². The monoisotopic (exact) mass is 197 g/mol. The first-order chi connectivity index (χ1) is 6.43. The van der Waals surface area contributed by atoms with Gasteiger partial charge in [-0.2, -0.15) is 0 Å². The predicted octanol–water partition coefficient (Wildman–Crippen LogP) is 0.222. The maximum atomic E-state index is 11.2. The molecule has 0 aromatic heterocycles. The number of carbonyl (C=O) groups is 2. The Hall–Kier alpha value is -1.16. The smallest absolute Gasteiger partial charge is 0.256 e. The molecule has 0 fully saturated rings. The Morgan fingerprint density at radius 1 is 1.29 bits per heavy atom. The van der Waals surface area contributed by atoms with Crippen molar-refractivity contribution in [1.82, 2.24) is 5.32 Å². The van der Waals surface area contributed by atoms with E-state index in [1.807, 2.05) is 20.8 Å². The number of aliphatic hydroxyl groups excluding tert-OH is 1. The minimum absolute atomic E-state index is 0.0436. The Kier molecular flexibility index (Phi) is 3.06. The molecular weight excluding hydrogens is 182 g/mol. The minimum atomic E-state index is -0.860. The molecule has 1 aliphatic rings. The molecule has 0 aromatic carbocycles. The molecule has 14 heavy (non-hydrogen) atoms. The summed E-state index contributed by atoms with van der Waals surface area (Å²) in [5.74, 6) is -0.706. The number of hydrogen-bond donors (Lipinski definition) is 2. The number of hydrogen-bond acceptors (Lipinski definition) is 3. The lowest BCUT2D eigenvalue weighted by molar-refractivity contribution is -0.124. The van der Waals surface area contributed by atoms with Gasteiger partial charge in [0.05, 0.1) is 11.7 Å². The van der Waals surface area contributed by atoms with Crippen molar-refractivity contribution in [2.75, 3.05) is 0 Å². The number of amides is 2. The molecular formula is C10H15NO3. The highest BCUT2D eigenvalue weighted by Crippen LogP contribution is 2.21. The van der Waals surface area contributed by atoms with Crippen LogP contribution in [0.1, 0.15) is 20.8 Å². The van der Waals surface area contributed by atoms with Gasteiger partial charge in [-0.15, -0.1) is 0 Å². The van der Waals surface area contributed by atoms with Gasteiger partial charge in [0.1, 0.15) is 0 Å². The average Bonchev–Trinajstić information content (AvgIpc) is 2.42. The van der Waals surface area contributed by atoms with E-state index in [4.69, 9.17) is 0 Å². The topological polar surface area (TPSA) is 66.4 Å². The Balaban J connectivity index is 2.79. The van der Waals surface area contributed by atoms with Crippen molar-refractivity contribution in [2.24, 2.45) is 11.8 Å². The van der Waals surface area contributed by atoms with Crippen LogP contribution in [-0.4, -0.2) is 23.0 Å². The molecule has 4 nitrogen and oxygen atoms in total. The third-order valence-electron chi connectivity index (χ3n) is 2.65. The van der Waals surface area contributed by atoms with Crippen LogP contribution in [0.5, 0.6) is 0 Å². The summed E-state index contributed by atoms with van der Waals surface area (Å²) in [5, 5.41) is 11.9. The third kappa shape index (κ3) is 2.01. The van der Waals surface area contributed by atoms with Crippen molar-refractivity contribution in [3.63, 3.8) is 0 Å². The lowest BCUT2D eigenvalue weighted by Gasteiger charge is -2.21. The van der Waals surface area contributed by atoms with Crippen LogP contribution in [0, 0.1) is 11.8 Å². The molecule has 1 heterocycles. The zero-order valence-electron chi connectivity index (χ0n) is 8.57. The fraction of sp³-hybridized carbons (Fsp3) is 0.600. The lowest BCUT2D eigenvalue weighted by atomic mass is 9.88. The standard InChI is InChI=1S/C10H15NO3/c1-5(2)6(3)9(13)7-4-8(12)11-10(7)14/h4-6,9,13H,1-3H3,(H,11,12,14). The molecule has 0 aromatic rings. The second-order valence-corrected chi connectivity index (χ2v) is 3.97. The van der Waals surface area contributed by atoms with E-state index in [2.05, 4.69) is 5.32 Å². The van der Waals surface area contributed by atoms with Crippen LogP contribution in [0.4, 0.5) is 0 Å². The Morgan fingerprint density at radius 2 is 1.86 bits per heavy atom. The van der Waals surface area contributed by atoms with Crippen molar-refractivity contribution >= 4 is 11.8 Å². The van der Waals surface area contributed by atoms with Crippen molar-refractivity contribution in [3.05, 3.63) is 11.6 Å². The summed E-state index contributed by atoms with van der Waals surface area (Å²) in [6.07, 6.45) is 0.313. The van der Waals surface area contributed by atoms with Gasteiger partial charge < -0.3 is 5.11 Å². The fourth-order valence-electron chi connectivity index (χ4n) is 1.29. The molecule has 1 rings (SSSR count). The molecule has 0 saturated carbocycles. The van der Waals surface area contributed by atoms with Crippen LogP contribution in [0.3, 0.4) is 0 Å². The maximum absolute atomic E-state index is 11.2. The molecule has 0 bridgehead atoms. The first kappa shape index (κ1) is 10.9. The third-order valence-corrected chi connectivity index (χ3v) is 2.65. The summed E-state index contributed by atoms with van der Waals surface area (Å²) in [6, 6.07) is 0. The van der Waals surface area contributed by atoms with E-state index in [9.17, 15) is 14.7 Å². The summed E-state index contributed by atoms with van der Waals surface area (Å²) >= 11 is 0. The van der Waals surface area contributed by atoms with Crippen molar-refractivity contribution in [3.8, 4) is 0 Å². The first-order valence-electron chi connectivity index (χ1n) is 4.68. The second-order valence-electron chi connectivity index (χ2n) is 3.97. The second kappa shape index (κ2) is 3.92. The van der Waals surface area contributed by atoms with E-state index in [0.29, 0.717) is 0 Å². The molecule has 78 valence electrons. The van der Waals surface area contributed by atoms with E-state index in [1.165, 1.54) is 6.08 Å². The fourth-order valence-corrected chi connectivity index (χ4v) is 1.29. The van der Waals surface area contributed by atoms with Gasteiger partial charge in [-0.25, -0.2) is 0 Å². The highest BCUT2D eigenvalue weighted by atomic mass is 16.3.